The number of hydrogen-bond donors (Lipinski definition) is 0. The van der Waals surface area contributed by atoms with Crippen LogP contribution in [0.4, 0.5) is 0 Å². The molecule has 0 saturated carbocycles. The number of hydrogen-bond acceptors (Lipinski definition) is 2. The Labute approximate surface area is 85.3 Å². The van der Waals surface area contributed by atoms with Gasteiger partial charge in [-0.05, 0) is 25.1 Å². The Morgan fingerprint density at radius 1 is 1.62 bits per heavy atom. The summed E-state index contributed by atoms with van der Waals surface area (Å²) >= 11 is 3.57. The van der Waals surface area contributed by atoms with E-state index >= 15 is 0 Å². The normalized spacial score (nSPS) is 24.7. The summed E-state index contributed by atoms with van der Waals surface area (Å²) in [6.07, 6.45) is 0. The molecular weight excluding hydrogens is 230 g/mol. The molecule has 13 heavy (non-hydrogen) atoms. The molecule has 1 unspecified atom stereocenters. The second-order valence-electron chi connectivity index (χ2n) is 3.31. The SMILES string of the molecule is CC1(Br)COc2ccc(C#N)cc21. The molecule has 0 N–H and O–H groups in total. The van der Waals surface area contributed by atoms with Crippen LogP contribution in [0, 0.1) is 11.3 Å². The van der Waals surface area contributed by atoms with Crippen molar-refractivity contribution in [3.8, 4) is 11.8 Å². The minimum atomic E-state index is -0.144. The molecule has 0 amide bonds. The zero-order chi connectivity index (χ0) is 9.47. The van der Waals surface area contributed by atoms with Crippen LogP contribution in [0.1, 0.15) is 18.1 Å². The summed E-state index contributed by atoms with van der Waals surface area (Å²) < 4.78 is 5.31. The second-order valence-corrected chi connectivity index (χ2v) is 5.06. The van der Waals surface area contributed by atoms with Gasteiger partial charge >= 0.3 is 0 Å². The number of halogens is 1. The molecule has 0 fully saturated rings. The molecule has 66 valence electrons. The minimum absolute atomic E-state index is 0.144. The molecule has 0 bridgehead atoms. The summed E-state index contributed by atoms with van der Waals surface area (Å²) in [6.45, 7) is 2.66. The number of benzene rings is 1. The number of ether oxygens (including phenoxy) is 1. The van der Waals surface area contributed by atoms with Crippen LogP contribution < -0.4 is 4.74 Å². The van der Waals surface area contributed by atoms with Gasteiger partial charge in [0.1, 0.15) is 12.4 Å². The zero-order valence-electron chi connectivity index (χ0n) is 7.17. The standard InChI is InChI=1S/C10H8BrNO/c1-10(11)6-13-9-3-2-7(5-12)4-8(9)10/h2-4H,6H2,1H3. The Balaban J connectivity index is 2.57. The monoisotopic (exact) mass is 237 g/mol. The molecule has 2 nitrogen and oxygen atoms in total. The van der Waals surface area contributed by atoms with Gasteiger partial charge in [-0.15, -0.1) is 0 Å². The summed E-state index contributed by atoms with van der Waals surface area (Å²) in [6, 6.07) is 7.61. The quantitative estimate of drug-likeness (QED) is 0.650. The van der Waals surface area contributed by atoms with Gasteiger partial charge in [-0.25, -0.2) is 0 Å². The van der Waals surface area contributed by atoms with E-state index in [4.69, 9.17) is 10.00 Å². The van der Waals surface area contributed by atoms with Gasteiger partial charge in [0.15, 0.2) is 0 Å². The molecule has 3 heteroatoms. The highest BCUT2D eigenvalue weighted by Crippen LogP contribution is 2.43. The third-order valence-electron chi connectivity index (χ3n) is 2.17. The Hall–Kier alpha value is -1.01. The van der Waals surface area contributed by atoms with Gasteiger partial charge in [-0.1, -0.05) is 15.9 Å². The lowest BCUT2D eigenvalue weighted by atomic mass is 10.0. The van der Waals surface area contributed by atoms with E-state index < -0.39 is 0 Å². The van der Waals surface area contributed by atoms with Gasteiger partial charge < -0.3 is 4.74 Å². The van der Waals surface area contributed by atoms with Crippen LogP contribution in [0.15, 0.2) is 18.2 Å². The van der Waals surface area contributed by atoms with Gasteiger partial charge in [-0.3, -0.25) is 0 Å². The smallest absolute Gasteiger partial charge is 0.124 e. The first-order chi connectivity index (χ1) is 6.13. The van der Waals surface area contributed by atoms with Crippen molar-refractivity contribution in [1.29, 1.82) is 5.26 Å². The molecule has 1 aromatic rings. The van der Waals surface area contributed by atoms with E-state index in [1.54, 1.807) is 6.07 Å². The van der Waals surface area contributed by atoms with Crippen molar-refractivity contribution < 1.29 is 4.74 Å². The Kier molecular flexibility index (Phi) is 1.81. The lowest BCUT2D eigenvalue weighted by molar-refractivity contribution is 0.328. The first kappa shape index (κ1) is 8.58. The van der Waals surface area contributed by atoms with Crippen molar-refractivity contribution in [3.05, 3.63) is 29.3 Å². The van der Waals surface area contributed by atoms with Crippen molar-refractivity contribution in [2.75, 3.05) is 6.61 Å². The highest BCUT2D eigenvalue weighted by atomic mass is 79.9. The largest absolute Gasteiger partial charge is 0.491 e. The molecule has 0 spiro atoms. The molecule has 2 rings (SSSR count). The average Bonchev–Trinajstić information content (AvgIpc) is 2.42. The highest BCUT2D eigenvalue weighted by Gasteiger charge is 2.33. The molecular formula is C10H8BrNO. The summed E-state index contributed by atoms with van der Waals surface area (Å²) in [4.78, 5) is 0. The van der Waals surface area contributed by atoms with E-state index in [9.17, 15) is 0 Å². The summed E-state index contributed by atoms with van der Waals surface area (Å²) in [5.74, 6) is 0.873. The third kappa shape index (κ3) is 1.31. The molecule has 1 aliphatic heterocycles. The van der Waals surface area contributed by atoms with Gasteiger partial charge in [0.2, 0.25) is 0 Å². The van der Waals surface area contributed by atoms with Gasteiger partial charge in [0, 0.05) is 5.56 Å². The third-order valence-corrected chi connectivity index (χ3v) is 2.83. The van der Waals surface area contributed by atoms with E-state index in [0.717, 1.165) is 11.3 Å². The Bertz CT molecular complexity index is 392. The van der Waals surface area contributed by atoms with Crippen LogP contribution >= 0.6 is 15.9 Å². The zero-order valence-corrected chi connectivity index (χ0v) is 8.76. The number of alkyl halides is 1. The van der Waals surface area contributed by atoms with Crippen LogP contribution in [0.3, 0.4) is 0 Å². The second kappa shape index (κ2) is 2.74. The number of fused-ring (bicyclic) bond motifs is 1. The first-order valence-corrected chi connectivity index (χ1v) is 4.79. The number of rotatable bonds is 0. The van der Waals surface area contributed by atoms with Gasteiger partial charge in [0.05, 0.1) is 16.0 Å². The van der Waals surface area contributed by atoms with E-state index in [1.165, 1.54) is 0 Å². The predicted octanol–water partition coefficient (Wildman–Crippen LogP) is 2.56. The molecule has 1 heterocycles. The maximum absolute atomic E-state index is 8.73. The van der Waals surface area contributed by atoms with E-state index in [0.29, 0.717) is 12.2 Å². The van der Waals surface area contributed by atoms with Crippen molar-refractivity contribution >= 4 is 15.9 Å². The summed E-state index contributed by atoms with van der Waals surface area (Å²) in [7, 11) is 0. The molecule has 0 radical (unpaired) electrons. The van der Waals surface area contributed by atoms with Gasteiger partial charge in [0.25, 0.3) is 0 Å². The average molecular weight is 238 g/mol. The molecule has 0 aromatic heterocycles. The molecule has 1 aromatic carbocycles. The van der Waals surface area contributed by atoms with Crippen molar-refractivity contribution in [2.24, 2.45) is 0 Å². The lowest BCUT2D eigenvalue weighted by Crippen LogP contribution is -2.13. The number of nitrogens with zero attached hydrogens (tertiary/aromatic N) is 1. The molecule has 0 aliphatic carbocycles. The summed E-state index contributed by atoms with van der Waals surface area (Å²) in [5.41, 5.74) is 1.74. The fourth-order valence-corrected chi connectivity index (χ4v) is 1.85. The Morgan fingerprint density at radius 3 is 3.08 bits per heavy atom. The molecule has 1 atom stereocenters. The fraction of sp³-hybridized carbons (Fsp3) is 0.300. The van der Waals surface area contributed by atoms with Crippen LogP contribution in [-0.2, 0) is 4.32 Å². The van der Waals surface area contributed by atoms with Gasteiger partial charge in [-0.2, -0.15) is 5.26 Å². The molecule has 1 aliphatic rings. The maximum Gasteiger partial charge on any atom is 0.124 e. The van der Waals surface area contributed by atoms with Crippen LogP contribution in [0.5, 0.6) is 5.75 Å². The minimum Gasteiger partial charge on any atom is -0.491 e. The van der Waals surface area contributed by atoms with Crippen molar-refractivity contribution in [2.45, 2.75) is 11.2 Å². The molecule has 0 saturated heterocycles. The maximum atomic E-state index is 8.73. The van der Waals surface area contributed by atoms with Crippen LogP contribution in [0.2, 0.25) is 0 Å². The Morgan fingerprint density at radius 2 is 2.38 bits per heavy atom. The van der Waals surface area contributed by atoms with Crippen LogP contribution in [0.25, 0.3) is 0 Å². The topological polar surface area (TPSA) is 33.0 Å². The summed E-state index contributed by atoms with van der Waals surface area (Å²) in [5, 5.41) is 8.73. The van der Waals surface area contributed by atoms with Crippen molar-refractivity contribution in [1.82, 2.24) is 0 Å². The van der Waals surface area contributed by atoms with Crippen LogP contribution in [-0.4, -0.2) is 6.61 Å². The predicted molar refractivity (Wildman–Crippen MR) is 52.9 cm³/mol. The fourth-order valence-electron chi connectivity index (χ4n) is 1.42. The van der Waals surface area contributed by atoms with E-state index in [-0.39, 0.29) is 4.32 Å². The first-order valence-electron chi connectivity index (χ1n) is 4.00. The lowest BCUT2D eigenvalue weighted by Gasteiger charge is -2.12. The van der Waals surface area contributed by atoms with E-state index in [2.05, 4.69) is 22.0 Å². The number of nitriles is 1. The highest BCUT2D eigenvalue weighted by molar-refractivity contribution is 9.09. The van der Waals surface area contributed by atoms with Crippen molar-refractivity contribution in [3.63, 3.8) is 0 Å². The van der Waals surface area contributed by atoms with E-state index in [1.807, 2.05) is 19.1 Å².